The summed E-state index contributed by atoms with van der Waals surface area (Å²) in [6.45, 7) is 1.58. The Morgan fingerprint density at radius 2 is 1.82 bits per heavy atom. The maximum absolute atomic E-state index is 13.7. The van der Waals surface area contributed by atoms with Crippen LogP contribution in [0.1, 0.15) is 12.0 Å². The Kier molecular flexibility index (Phi) is 5.15. The van der Waals surface area contributed by atoms with E-state index < -0.39 is 15.8 Å². The van der Waals surface area contributed by atoms with Crippen molar-refractivity contribution in [2.45, 2.75) is 18.2 Å². The highest BCUT2D eigenvalue weighted by Crippen LogP contribution is 2.24. The summed E-state index contributed by atoms with van der Waals surface area (Å²) in [5.41, 5.74) is 0.873. The van der Waals surface area contributed by atoms with Crippen LogP contribution in [0.25, 0.3) is 0 Å². The van der Waals surface area contributed by atoms with Gasteiger partial charge in [-0.3, -0.25) is 4.31 Å². The van der Waals surface area contributed by atoms with Crippen LogP contribution < -0.4 is 4.31 Å². The van der Waals surface area contributed by atoms with Gasteiger partial charge in [0.15, 0.2) is 0 Å². The first-order chi connectivity index (χ1) is 10.5. The summed E-state index contributed by atoms with van der Waals surface area (Å²) in [6.07, 6.45) is 0.294. The third-order valence-corrected chi connectivity index (χ3v) is 5.12. The quantitative estimate of drug-likeness (QED) is 0.889. The topological polar surface area (TPSA) is 57.6 Å². The third-order valence-electron chi connectivity index (χ3n) is 3.29. The maximum atomic E-state index is 13.7. The first-order valence-electron chi connectivity index (χ1n) is 6.91. The standard InChI is InChI=1S/C16H18FNO3S/c1-13-8-9-15(12-16(13)17)22(20,21)18(10-5-11-19)14-6-3-2-4-7-14/h2-4,6-9,12,19H,5,10-11H2,1H3. The van der Waals surface area contributed by atoms with Gasteiger partial charge in [-0.15, -0.1) is 0 Å². The molecule has 0 bridgehead atoms. The average Bonchev–Trinajstić information content (AvgIpc) is 2.51. The van der Waals surface area contributed by atoms with Crippen LogP contribution in [0.3, 0.4) is 0 Å². The zero-order chi connectivity index (χ0) is 16.2. The van der Waals surface area contributed by atoms with E-state index in [-0.39, 0.29) is 18.0 Å². The van der Waals surface area contributed by atoms with Gasteiger partial charge in [0.05, 0.1) is 10.6 Å². The highest BCUT2D eigenvalue weighted by Gasteiger charge is 2.25. The van der Waals surface area contributed by atoms with E-state index in [1.54, 1.807) is 37.3 Å². The molecular formula is C16H18FNO3S. The molecule has 0 atom stereocenters. The molecule has 6 heteroatoms. The molecule has 0 heterocycles. The molecule has 0 saturated heterocycles. The van der Waals surface area contributed by atoms with Crippen molar-refractivity contribution in [1.82, 2.24) is 0 Å². The van der Waals surface area contributed by atoms with Gasteiger partial charge in [-0.1, -0.05) is 24.3 Å². The van der Waals surface area contributed by atoms with E-state index in [0.717, 1.165) is 6.07 Å². The lowest BCUT2D eigenvalue weighted by atomic mass is 10.2. The Balaban J connectivity index is 2.46. The van der Waals surface area contributed by atoms with Crippen molar-refractivity contribution in [3.8, 4) is 0 Å². The van der Waals surface area contributed by atoms with Gasteiger partial charge in [0, 0.05) is 13.2 Å². The molecule has 22 heavy (non-hydrogen) atoms. The first kappa shape index (κ1) is 16.5. The Hall–Kier alpha value is -1.92. The molecule has 4 nitrogen and oxygen atoms in total. The van der Waals surface area contributed by atoms with Crippen molar-refractivity contribution in [1.29, 1.82) is 0 Å². The second-order valence-corrected chi connectivity index (χ2v) is 6.76. The van der Waals surface area contributed by atoms with Crippen LogP contribution in [0.4, 0.5) is 10.1 Å². The largest absolute Gasteiger partial charge is 0.396 e. The minimum Gasteiger partial charge on any atom is -0.396 e. The normalized spacial score (nSPS) is 11.4. The van der Waals surface area contributed by atoms with Gasteiger partial charge >= 0.3 is 0 Å². The number of rotatable bonds is 6. The molecule has 0 aromatic heterocycles. The summed E-state index contributed by atoms with van der Waals surface area (Å²) in [6, 6.07) is 12.4. The Labute approximate surface area is 129 Å². The molecule has 0 spiro atoms. The van der Waals surface area contributed by atoms with E-state index in [0.29, 0.717) is 17.7 Å². The van der Waals surface area contributed by atoms with Gasteiger partial charge in [0.25, 0.3) is 10.0 Å². The number of nitrogens with zero attached hydrogens (tertiary/aromatic N) is 1. The van der Waals surface area contributed by atoms with Crippen LogP contribution in [-0.2, 0) is 10.0 Å². The van der Waals surface area contributed by atoms with Gasteiger partial charge in [0.2, 0.25) is 0 Å². The second kappa shape index (κ2) is 6.89. The van der Waals surface area contributed by atoms with E-state index >= 15 is 0 Å². The highest BCUT2D eigenvalue weighted by atomic mass is 32.2. The molecule has 0 unspecified atom stereocenters. The predicted octanol–water partition coefficient (Wildman–Crippen LogP) is 2.71. The van der Waals surface area contributed by atoms with Crippen LogP contribution in [0.5, 0.6) is 0 Å². The summed E-state index contributed by atoms with van der Waals surface area (Å²) < 4.78 is 40.5. The van der Waals surface area contributed by atoms with Crippen LogP contribution in [0.15, 0.2) is 53.4 Å². The molecule has 0 aliphatic carbocycles. The summed E-state index contributed by atoms with van der Waals surface area (Å²) in [5, 5.41) is 9.00. The van der Waals surface area contributed by atoms with Crippen molar-refractivity contribution in [2.75, 3.05) is 17.5 Å². The Morgan fingerprint density at radius 3 is 2.41 bits per heavy atom. The zero-order valence-electron chi connectivity index (χ0n) is 12.2. The number of benzene rings is 2. The van der Waals surface area contributed by atoms with Crippen molar-refractivity contribution in [3.63, 3.8) is 0 Å². The molecule has 0 saturated carbocycles. The van der Waals surface area contributed by atoms with Gasteiger partial charge in [0.1, 0.15) is 5.82 Å². The van der Waals surface area contributed by atoms with Gasteiger partial charge < -0.3 is 5.11 Å². The van der Waals surface area contributed by atoms with E-state index in [1.165, 1.54) is 16.4 Å². The predicted molar refractivity (Wildman–Crippen MR) is 83.8 cm³/mol. The molecule has 0 aliphatic rings. The number of aliphatic hydroxyl groups excluding tert-OH is 1. The number of hydrogen-bond acceptors (Lipinski definition) is 3. The van der Waals surface area contributed by atoms with E-state index in [2.05, 4.69) is 0 Å². The fourth-order valence-electron chi connectivity index (χ4n) is 2.06. The smallest absolute Gasteiger partial charge is 0.264 e. The SMILES string of the molecule is Cc1ccc(S(=O)(=O)N(CCCO)c2ccccc2)cc1F. The van der Waals surface area contributed by atoms with Crippen molar-refractivity contribution < 1.29 is 17.9 Å². The number of sulfonamides is 1. The average molecular weight is 323 g/mol. The highest BCUT2D eigenvalue weighted by molar-refractivity contribution is 7.92. The van der Waals surface area contributed by atoms with Gasteiger partial charge in [-0.05, 0) is 43.2 Å². The molecule has 2 aromatic carbocycles. The van der Waals surface area contributed by atoms with Crippen molar-refractivity contribution in [2.24, 2.45) is 0 Å². The number of para-hydroxylation sites is 1. The van der Waals surface area contributed by atoms with Crippen LogP contribution in [-0.4, -0.2) is 26.7 Å². The van der Waals surface area contributed by atoms with Crippen LogP contribution >= 0.6 is 0 Å². The number of aliphatic hydroxyl groups is 1. The molecular weight excluding hydrogens is 305 g/mol. The van der Waals surface area contributed by atoms with Crippen molar-refractivity contribution >= 4 is 15.7 Å². The van der Waals surface area contributed by atoms with Crippen LogP contribution in [0.2, 0.25) is 0 Å². The third kappa shape index (κ3) is 3.45. The molecule has 0 fully saturated rings. The van der Waals surface area contributed by atoms with E-state index in [1.807, 2.05) is 0 Å². The maximum Gasteiger partial charge on any atom is 0.264 e. The fourth-order valence-corrected chi connectivity index (χ4v) is 3.57. The lowest BCUT2D eigenvalue weighted by Gasteiger charge is -2.24. The molecule has 0 radical (unpaired) electrons. The molecule has 2 rings (SSSR count). The molecule has 2 aromatic rings. The Morgan fingerprint density at radius 1 is 1.14 bits per heavy atom. The first-order valence-corrected chi connectivity index (χ1v) is 8.35. The summed E-state index contributed by atoms with van der Waals surface area (Å²) in [7, 11) is -3.88. The fraction of sp³-hybridized carbons (Fsp3) is 0.250. The number of aryl methyl sites for hydroxylation is 1. The van der Waals surface area contributed by atoms with Crippen molar-refractivity contribution in [3.05, 3.63) is 59.9 Å². The van der Waals surface area contributed by atoms with Crippen LogP contribution in [0, 0.1) is 12.7 Å². The van der Waals surface area contributed by atoms with Gasteiger partial charge in [-0.2, -0.15) is 0 Å². The lowest BCUT2D eigenvalue weighted by molar-refractivity contribution is 0.291. The van der Waals surface area contributed by atoms with E-state index in [9.17, 15) is 12.8 Å². The van der Waals surface area contributed by atoms with E-state index in [4.69, 9.17) is 5.11 Å². The summed E-state index contributed by atoms with van der Waals surface area (Å²) >= 11 is 0. The summed E-state index contributed by atoms with van der Waals surface area (Å²) in [4.78, 5) is -0.0996. The lowest BCUT2D eigenvalue weighted by Crippen LogP contribution is -2.32. The number of anilines is 1. The molecule has 1 N–H and O–H groups in total. The summed E-state index contributed by atoms with van der Waals surface area (Å²) in [5.74, 6) is -0.559. The minimum atomic E-state index is -3.88. The minimum absolute atomic E-state index is 0.0996. The number of hydrogen-bond donors (Lipinski definition) is 1. The second-order valence-electron chi connectivity index (χ2n) is 4.90. The Bertz CT molecular complexity index is 732. The number of halogens is 1. The molecule has 0 amide bonds. The monoisotopic (exact) mass is 323 g/mol. The molecule has 0 aliphatic heterocycles. The zero-order valence-corrected chi connectivity index (χ0v) is 13.1. The van der Waals surface area contributed by atoms with Gasteiger partial charge in [-0.25, -0.2) is 12.8 Å². The molecule has 118 valence electrons.